The fraction of sp³-hybridized carbons (Fsp3) is 0.192. The lowest BCUT2D eigenvalue weighted by Crippen LogP contribution is -2.37. The van der Waals surface area contributed by atoms with Crippen molar-refractivity contribution in [1.29, 1.82) is 0 Å². The Labute approximate surface area is 181 Å². The summed E-state index contributed by atoms with van der Waals surface area (Å²) in [6.07, 6.45) is 4.71. The van der Waals surface area contributed by atoms with Crippen LogP contribution in [0.15, 0.2) is 67.0 Å². The maximum Gasteiger partial charge on any atom is 0.335 e. The molecule has 0 saturated heterocycles. The third kappa shape index (κ3) is 4.65. The summed E-state index contributed by atoms with van der Waals surface area (Å²) in [7, 11) is 1.99. The number of aromatic nitrogens is 1. The third-order valence-electron chi connectivity index (χ3n) is 5.47. The molecule has 0 fully saturated rings. The molecular weight excluding hydrogens is 388 g/mol. The molecule has 1 atom stereocenters. The SMILES string of the molecule is CN1CC(Cc2ccc(C(=O)O)cc2)C(=O)c2cc(C#CCc3cccnc3)ccc21. The predicted octanol–water partition coefficient (Wildman–Crippen LogP) is 3.87. The van der Waals surface area contributed by atoms with Gasteiger partial charge in [-0.05, 0) is 53.9 Å². The van der Waals surface area contributed by atoms with Crippen LogP contribution >= 0.6 is 0 Å². The Morgan fingerprint density at radius 1 is 1.16 bits per heavy atom. The van der Waals surface area contributed by atoms with Crippen LogP contribution in [0.3, 0.4) is 0 Å². The normalized spacial score (nSPS) is 15.1. The van der Waals surface area contributed by atoms with Gasteiger partial charge in [0.1, 0.15) is 0 Å². The number of hydrogen-bond acceptors (Lipinski definition) is 4. The summed E-state index contributed by atoms with van der Waals surface area (Å²) in [5.41, 5.74) is 4.67. The van der Waals surface area contributed by atoms with Crippen molar-refractivity contribution in [2.45, 2.75) is 12.8 Å². The van der Waals surface area contributed by atoms with Gasteiger partial charge in [0, 0.05) is 55.1 Å². The van der Waals surface area contributed by atoms with Gasteiger partial charge in [0.15, 0.2) is 5.78 Å². The average Bonchev–Trinajstić information content (AvgIpc) is 2.78. The Balaban J connectivity index is 1.52. The van der Waals surface area contributed by atoms with Gasteiger partial charge in [-0.2, -0.15) is 0 Å². The molecular formula is C26H22N2O3. The van der Waals surface area contributed by atoms with E-state index in [0.29, 0.717) is 24.9 Å². The van der Waals surface area contributed by atoms with Crippen molar-refractivity contribution in [3.63, 3.8) is 0 Å². The number of Topliss-reactive ketones (excluding diaryl/α,β-unsaturated/α-hetero) is 1. The highest BCUT2D eigenvalue weighted by molar-refractivity contribution is 6.05. The summed E-state index contributed by atoms with van der Waals surface area (Å²) in [5, 5.41) is 9.06. The van der Waals surface area contributed by atoms with Crippen molar-refractivity contribution >= 4 is 17.4 Å². The number of benzene rings is 2. The molecule has 1 aliphatic heterocycles. The summed E-state index contributed by atoms with van der Waals surface area (Å²) in [4.78, 5) is 30.5. The zero-order chi connectivity index (χ0) is 21.8. The zero-order valence-electron chi connectivity index (χ0n) is 17.2. The van der Waals surface area contributed by atoms with Gasteiger partial charge < -0.3 is 10.0 Å². The summed E-state index contributed by atoms with van der Waals surface area (Å²) < 4.78 is 0. The van der Waals surface area contributed by atoms with Crippen LogP contribution in [-0.2, 0) is 12.8 Å². The number of carbonyl (C=O) groups is 2. The van der Waals surface area contributed by atoms with Gasteiger partial charge in [-0.25, -0.2) is 4.79 Å². The Bertz CT molecular complexity index is 1170. The molecule has 0 radical (unpaired) electrons. The first-order valence-corrected chi connectivity index (χ1v) is 10.1. The van der Waals surface area contributed by atoms with Crippen LogP contribution in [0.4, 0.5) is 5.69 Å². The number of carbonyl (C=O) groups excluding carboxylic acids is 1. The molecule has 5 heteroatoms. The first-order chi connectivity index (χ1) is 15.0. The number of hydrogen-bond donors (Lipinski definition) is 1. The molecule has 3 aromatic rings. The van der Waals surface area contributed by atoms with E-state index < -0.39 is 5.97 Å². The first-order valence-electron chi connectivity index (χ1n) is 10.1. The van der Waals surface area contributed by atoms with Crippen LogP contribution in [0, 0.1) is 17.8 Å². The molecule has 1 unspecified atom stereocenters. The van der Waals surface area contributed by atoms with E-state index in [2.05, 4.69) is 21.7 Å². The van der Waals surface area contributed by atoms with Crippen LogP contribution in [0.2, 0.25) is 0 Å². The molecule has 1 N–H and O–H groups in total. The number of rotatable bonds is 4. The highest BCUT2D eigenvalue weighted by Crippen LogP contribution is 2.31. The number of pyridine rings is 1. The second kappa shape index (κ2) is 8.85. The zero-order valence-corrected chi connectivity index (χ0v) is 17.2. The molecule has 2 aromatic carbocycles. The summed E-state index contributed by atoms with van der Waals surface area (Å²) in [6, 6.07) is 16.4. The van der Waals surface area contributed by atoms with Crippen molar-refractivity contribution < 1.29 is 14.7 Å². The van der Waals surface area contributed by atoms with E-state index >= 15 is 0 Å². The number of carboxylic acids is 1. The van der Waals surface area contributed by atoms with E-state index in [0.717, 1.165) is 22.4 Å². The fourth-order valence-corrected chi connectivity index (χ4v) is 3.85. The third-order valence-corrected chi connectivity index (χ3v) is 5.47. The fourth-order valence-electron chi connectivity index (χ4n) is 3.85. The topological polar surface area (TPSA) is 70.5 Å². The van der Waals surface area contributed by atoms with Gasteiger partial charge in [0.25, 0.3) is 0 Å². The molecule has 154 valence electrons. The molecule has 31 heavy (non-hydrogen) atoms. The standard InChI is InChI=1S/C26H22N2O3/c1-28-17-22(14-19-7-10-21(11-8-19)26(30)31)25(29)23-15-18(9-12-24(23)28)4-2-5-20-6-3-13-27-16-20/h3,6-13,15-16,22H,5,14,17H2,1H3,(H,30,31). The Morgan fingerprint density at radius 2 is 1.97 bits per heavy atom. The van der Waals surface area contributed by atoms with Crippen molar-refractivity contribution in [2.75, 3.05) is 18.5 Å². The molecule has 4 rings (SSSR count). The first kappa shape index (κ1) is 20.4. The minimum absolute atomic E-state index is 0.103. The number of anilines is 1. The number of fused-ring (bicyclic) bond motifs is 1. The quantitative estimate of drug-likeness (QED) is 0.662. The molecule has 2 heterocycles. The highest BCUT2D eigenvalue weighted by Gasteiger charge is 2.30. The molecule has 0 amide bonds. The monoisotopic (exact) mass is 410 g/mol. The molecule has 0 aliphatic carbocycles. The van der Waals surface area contributed by atoms with E-state index in [1.54, 1.807) is 36.7 Å². The van der Waals surface area contributed by atoms with E-state index in [-0.39, 0.29) is 17.3 Å². The highest BCUT2D eigenvalue weighted by atomic mass is 16.4. The summed E-state index contributed by atoms with van der Waals surface area (Å²) in [5.74, 6) is 5.27. The molecule has 1 aliphatic rings. The molecule has 0 saturated carbocycles. The largest absolute Gasteiger partial charge is 0.478 e. The molecule has 0 bridgehead atoms. The van der Waals surface area contributed by atoms with E-state index in [4.69, 9.17) is 5.11 Å². The van der Waals surface area contributed by atoms with Crippen LogP contribution < -0.4 is 4.90 Å². The van der Waals surface area contributed by atoms with Crippen molar-refractivity contribution in [2.24, 2.45) is 5.92 Å². The van der Waals surface area contributed by atoms with Gasteiger partial charge >= 0.3 is 5.97 Å². The van der Waals surface area contributed by atoms with Gasteiger partial charge in [-0.1, -0.05) is 30.0 Å². The smallest absolute Gasteiger partial charge is 0.335 e. The predicted molar refractivity (Wildman–Crippen MR) is 119 cm³/mol. The summed E-state index contributed by atoms with van der Waals surface area (Å²) in [6.45, 7) is 0.624. The number of nitrogens with zero attached hydrogens (tertiary/aromatic N) is 2. The number of carboxylic acid groups (broad SMARTS) is 1. The minimum Gasteiger partial charge on any atom is -0.478 e. The van der Waals surface area contributed by atoms with Crippen LogP contribution in [0.5, 0.6) is 0 Å². The minimum atomic E-state index is -0.953. The van der Waals surface area contributed by atoms with E-state index in [9.17, 15) is 9.59 Å². The molecule has 1 aromatic heterocycles. The Morgan fingerprint density at radius 3 is 2.68 bits per heavy atom. The van der Waals surface area contributed by atoms with Crippen LogP contribution in [0.25, 0.3) is 0 Å². The number of ketones is 1. The van der Waals surface area contributed by atoms with Gasteiger partial charge in [0.2, 0.25) is 0 Å². The van der Waals surface area contributed by atoms with Gasteiger partial charge in [0.05, 0.1) is 5.56 Å². The average molecular weight is 410 g/mol. The van der Waals surface area contributed by atoms with Crippen molar-refractivity contribution in [1.82, 2.24) is 4.98 Å². The Kier molecular flexibility index (Phi) is 5.81. The van der Waals surface area contributed by atoms with Crippen molar-refractivity contribution in [3.8, 4) is 11.8 Å². The van der Waals surface area contributed by atoms with E-state index in [1.165, 1.54) is 0 Å². The van der Waals surface area contributed by atoms with Crippen molar-refractivity contribution in [3.05, 3.63) is 94.8 Å². The number of aromatic carboxylic acids is 1. The maximum absolute atomic E-state index is 13.2. The lowest BCUT2D eigenvalue weighted by atomic mass is 9.86. The lowest BCUT2D eigenvalue weighted by molar-refractivity contribution is 0.0696. The second-order valence-corrected chi connectivity index (χ2v) is 7.72. The maximum atomic E-state index is 13.2. The molecule has 5 nitrogen and oxygen atoms in total. The molecule has 0 spiro atoms. The van der Waals surface area contributed by atoms with Gasteiger partial charge in [-0.15, -0.1) is 0 Å². The summed E-state index contributed by atoms with van der Waals surface area (Å²) >= 11 is 0. The van der Waals surface area contributed by atoms with Crippen LogP contribution in [-0.4, -0.2) is 35.4 Å². The Hall–Kier alpha value is -3.91. The second-order valence-electron chi connectivity index (χ2n) is 7.72. The lowest BCUT2D eigenvalue weighted by Gasteiger charge is -2.32. The van der Waals surface area contributed by atoms with Crippen LogP contribution in [0.1, 0.15) is 37.4 Å². The van der Waals surface area contributed by atoms with Gasteiger partial charge in [-0.3, -0.25) is 9.78 Å². The van der Waals surface area contributed by atoms with E-state index in [1.807, 2.05) is 37.4 Å².